The van der Waals surface area contributed by atoms with Crippen molar-refractivity contribution in [3.63, 3.8) is 0 Å². The van der Waals surface area contributed by atoms with Gasteiger partial charge in [0.2, 0.25) is 0 Å². The van der Waals surface area contributed by atoms with E-state index in [2.05, 4.69) is 41.8 Å². The first-order chi connectivity index (χ1) is 8.65. The van der Waals surface area contributed by atoms with Crippen LogP contribution < -0.4 is 4.90 Å². The summed E-state index contributed by atoms with van der Waals surface area (Å²) in [7, 11) is 0. The van der Waals surface area contributed by atoms with Gasteiger partial charge in [-0.2, -0.15) is 5.26 Å². The van der Waals surface area contributed by atoms with Crippen LogP contribution in [0.25, 0.3) is 0 Å². The van der Waals surface area contributed by atoms with Crippen molar-refractivity contribution in [1.29, 1.82) is 5.26 Å². The summed E-state index contributed by atoms with van der Waals surface area (Å²) in [6.07, 6.45) is 0. The summed E-state index contributed by atoms with van der Waals surface area (Å²) in [4.78, 5) is 4.93. The Morgan fingerprint density at radius 2 is 2.17 bits per heavy atom. The van der Waals surface area contributed by atoms with Crippen molar-refractivity contribution in [2.24, 2.45) is 0 Å². The third-order valence-electron chi connectivity index (χ3n) is 3.87. The van der Waals surface area contributed by atoms with Crippen LogP contribution in [0.3, 0.4) is 0 Å². The van der Waals surface area contributed by atoms with E-state index in [1.807, 2.05) is 13.0 Å². The first kappa shape index (κ1) is 12.9. The molecule has 1 unspecified atom stereocenters. The van der Waals surface area contributed by atoms with Crippen LogP contribution in [0.4, 0.5) is 5.69 Å². The summed E-state index contributed by atoms with van der Waals surface area (Å²) >= 11 is 0. The largest absolute Gasteiger partial charge is 0.369 e. The van der Waals surface area contributed by atoms with Gasteiger partial charge < -0.3 is 4.90 Å². The van der Waals surface area contributed by atoms with Crippen molar-refractivity contribution in [2.45, 2.75) is 26.8 Å². The van der Waals surface area contributed by atoms with Gasteiger partial charge in [-0.05, 0) is 44.2 Å². The summed E-state index contributed by atoms with van der Waals surface area (Å²) in [6.45, 7) is 10.9. The molecule has 96 valence electrons. The molecule has 0 aromatic heterocycles. The molecule has 1 saturated heterocycles. The minimum absolute atomic E-state index is 0.597. The highest BCUT2D eigenvalue weighted by atomic mass is 15.3. The second-order valence-electron chi connectivity index (χ2n) is 5.03. The summed E-state index contributed by atoms with van der Waals surface area (Å²) in [5.41, 5.74) is 3.09. The minimum Gasteiger partial charge on any atom is -0.369 e. The zero-order valence-corrected chi connectivity index (χ0v) is 11.5. The maximum absolute atomic E-state index is 8.96. The summed E-state index contributed by atoms with van der Waals surface area (Å²) < 4.78 is 0. The number of piperazine rings is 1. The molecule has 1 heterocycles. The van der Waals surface area contributed by atoms with Gasteiger partial charge in [-0.25, -0.2) is 0 Å². The van der Waals surface area contributed by atoms with Crippen LogP contribution in [0.15, 0.2) is 18.2 Å². The molecule has 0 spiro atoms. The fourth-order valence-electron chi connectivity index (χ4n) is 2.67. The average Bonchev–Trinajstić information content (AvgIpc) is 2.38. The van der Waals surface area contributed by atoms with E-state index in [1.165, 1.54) is 5.69 Å². The lowest BCUT2D eigenvalue weighted by Gasteiger charge is -2.40. The zero-order chi connectivity index (χ0) is 13.1. The van der Waals surface area contributed by atoms with E-state index in [9.17, 15) is 0 Å². The van der Waals surface area contributed by atoms with Gasteiger partial charge in [0.25, 0.3) is 0 Å². The Morgan fingerprint density at radius 3 is 2.72 bits per heavy atom. The molecule has 1 aliphatic heterocycles. The SMILES string of the molecule is CCN1CCN(c2ccc(C#N)c(C)c2)CC1C. The van der Waals surface area contributed by atoms with Crippen molar-refractivity contribution in [3.8, 4) is 6.07 Å². The number of nitrogens with zero attached hydrogens (tertiary/aromatic N) is 3. The molecule has 0 bridgehead atoms. The lowest BCUT2D eigenvalue weighted by molar-refractivity contribution is 0.199. The Labute approximate surface area is 110 Å². The quantitative estimate of drug-likeness (QED) is 0.799. The van der Waals surface area contributed by atoms with E-state index >= 15 is 0 Å². The lowest BCUT2D eigenvalue weighted by Crippen LogP contribution is -2.51. The average molecular weight is 243 g/mol. The minimum atomic E-state index is 0.597. The van der Waals surface area contributed by atoms with Crippen molar-refractivity contribution in [1.82, 2.24) is 4.90 Å². The number of benzene rings is 1. The van der Waals surface area contributed by atoms with Crippen LogP contribution in [-0.4, -0.2) is 37.1 Å². The predicted molar refractivity (Wildman–Crippen MR) is 74.8 cm³/mol. The van der Waals surface area contributed by atoms with E-state index in [0.29, 0.717) is 6.04 Å². The molecule has 2 rings (SSSR count). The highest BCUT2D eigenvalue weighted by molar-refractivity contribution is 5.53. The van der Waals surface area contributed by atoms with Crippen molar-refractivity contribution in [3.05, 3.63) is 29.3 Å². The number of rotatable bonds is 2. The Bertz CT molecular complexity index is 461. The normalized spacial score (nSPS) is 20.8. The van der Waals surface area contributed by atoms with Gasteiger partial charge in [-0.1, -0.05) is 6.92 Å². The number of anilines is 1. The molecule has 0 saturated carbocycles. The molecule has 1 atom stereocenters. The molecule has 3 nitrogen and oxygen atoms in total. The van der Waals surface area contributed by atoms with E-state index in [1.54, 1.807) is 0 Å². The molecular weight excluding hydrogens is 222 g/mol. The van der Waals surface area contributed by atoms with Crippen LogP contribution in [0.1, 0.15) is 25.0 Å². The van der Waals surface area contributed by atoms with Gasteiger partial charge in [-0.3, -0.25) is 4.90 Å². The molecule has 0 radical (unpaired) electrons. The summed E-state index contributed by atoms with van der Waals surface area (Å²) in [6, 6.07) is 8.95. The van der Waals surface area contributed by atoms with Crippen molar-refractivity contribution in [2.75, 3.05) is 31.1 Å². The van der Waals surface area contributed by atoms with E-state index in [4.69, 9.17) is 5.26 Å². The Hall–Kier alpha value is -1.53. The molecule has 1 aromatic carbocycles. The monoisotopic (exact) mass is 243 g/mol. The molecule has 1 aromatic rings. The van der Waals surface area contributed by atoms with Gasteiger partial charge in [0, 0.05) is 31.4 Å². The molecule has 3 heteroatoms. The van der Waals surface area contributed by atoms with Crippen LogP contribution in [-0.2, 0) is 0 Å². The number of likely N-dealkylation sites (N-methyl/N-ethyl adjacent to an activating group) is 1. The highest BCUT2D eigenvalue weighted by Gasteiger charge is 2.22. The zero-order valence-electron chi connectivity index (χ0n) is 11.5. The number of hydrogen-bond acceptors (Lipinski definition) is 3. The second-order valence-corrected chi connectivity index (χ2v) is 5.03. The molecule has 0 N–H and O–H groups in total. The standard InChI is InChI=1S/C15H21N3/c1-4-17-7-8-18(11-13(17)3)15-6-5-14(10-16)12(2)9-15/h5-6,9,13H,4,7-8,11H2,1-3H3. The van der Waals surface area contributed by atoms with Gasteiger partial charge in [-0.15, -0.1) is 0 Å². The molecule has 1 aliphatic rings. The Morgan fingerprint density at radius 1 is 1.39 bits per heavy atom. The third-order valence-corrected chi connectivity index (χ3v) is 3.87. The molecule has 1 fully saturated rings. The first-order valence-corrected chi connectivity index (χ1v) is 6.65. The smallest absolute Gasteiger partial charge is 0.0994 e. The van der Waals surface area contributed by atoms with Crippen LogP contribution in [0.5, 0.6) is 0 Å². The van der Waals surface area contributed by atoms with Crippen LogP contribution >= 0.6 is 0 Å². The third kappa shape index (κ3) is 2.49. The van der Waals surface area contributed by atoms with Crippen molar-refractivity contribution >= 4 is 5.69 Å². The van der Waals surface area contributed by atoms with Gasteiger partial charge in [0.1, 0.15) is 0 Å². The van der Waals surface area contributed by atoms with Crippen LogP contribution in [0, 0.1) is 18.3 Å². The molecule has 18 heavy (non-hydrogen) atoms. The van der Waals surface area contributed by atoms with Crippen LogP contribution in [0.2, 0.25) is 0 Å². The molecule has 0 amide bonds. The summed E-state index contributed by atoms with van der Waals surface area (Å²) in [5.74, 6) is 0. The van der Waals surface area contributed by atoms with E-state index in [0.717, 1.165) is 37.3 Å². The maximum Gasteiger partial charge on any atom is 0.0994 e. The fourth-order valence-corrected chi connectivity index (χ4v) is 2.67. The van der Waals surface area contributed by atoms with Gasteiger partial charge in [0.05, 0.1) is 11.6 Å². The van der Waals surface area contributed by atoms with Gasteiger partial charge in [0.15, 0.2) is 0 Å². The lowest BCUT2D eigenvalue weighted by atomic mass is 10.1. The Balaban J connectivity index is 2.14. The van der Waals surface area contributed by atoms with Crippen molar-refractivity contribution < 1.29 is 0 Å². The highest BCUT2D eigenvalue weighted by Crippen LogP contribution is 2.22. The first-order valence-electron chi connectivity index (χ1n) is 6.65. The second kappa shape index (κ2) is 5.41. The number of aryl methyl sites for hydroxylation is 1. The predicted octanol–water partition coefficient (Wildman–Crippen LogP) is 2.40. The molecular formula is C15H21N3. The van der Waals surface area contributed by atoms with E-state index < -0.39 is 0 Å². The fraction of sp³-hybridized carbons (Fsp3) is 0.533. The topological polar surface area (TPSA) is 30.3 Å². The Kier molecular flexibility index (Phi) is 3.88. The summed E-state index contributed by atoms with van der Waals surface area (Å²) in [5, 5.41) is 8.96. The maximum atomic E-state index is 8.96. The van der Waals surface area contributed by atoms with E-state index in [-0.39, 0.29) is 0 Å². The van der Waals surface area contributed by atoms with Gasteiger partial charge >= 0.3 is 0 Å². The number of nitriles is 1. The number of hydrogen-bond donors (Lipinski definition) is 0. The molecule has 0 aliphatic carbocycles.